The number of nitrogens with zero attached hydrogens (tertiary/aromatic N) is 2. The van der Waals surface area contributed by atoms with E-state index in [1.54, 1.807) is 6.07 Å². The standard InChI is InChI=1S/C17H17N3O/c1-10-5-8-15-14(9-10)19-17(20(15)11-6-7-11)12-3-2-4-13(18)16(12)21/h2-5,8-9,11,21H,6-7,18H2,1H3. The van der Waals surface area contributed by atoms with Crippen molar-refractivity contribution in [2.75, 3.05) is 5.73 Å². The van der Waals surface area contributed by atoms with E-state index in [1.165, 1.54) is 5.56 Å². The summed E-state index contributed by atoms with van der Waals surface area (Å²) in [5.74, 6) is 0.925. The Morgan fingerprint density at radius 2 is 2.05 bits per heavy atom. The minimum atomic E-state index is 0.117. The van der Waals surface area contributed by atoms with E-state index < -0.39 is 0 Å². The van der Waals surface area contributed by atoms with E-state index in [0.717, 1.165) is 29.7 Å². The molecule has 4 rings (SSSR count). The molecule has 106 valence electrons. The Morgan fingerprint density at radius 3 is 2.81 bits per heavy atom. The van der Waals surface area contributed by atoms with Gasteiger partial charge in [-0.25, -0.2) is 4.98 Å². The first-order valence-corrected chi connectivity index (χ1v) is 7.21. The van der Waals surface area contributed by atoms with Crippen LogP contribution in [0.3, 0.4) is 0 Å². The van der Waals surface area contributed by atoms with Crippen LogP contribution in [0.2, 0.25) is 0 Å². The molecule has 21 heavy (non-hydrogen) atoms. The summed E-state index contributed by atoms with van der Waals surface area (Å²) < 4.78 is 2.24. The Labute approximate surface area is 122 Å². The van der Waals surface area contributed by atoms with Gasteiger partial charge in [-0.3, -0.25) is 0 Å². The van der Waals surface area contributed by atoms with Crippen LogP contribution in [0.25, 0.3) is 22.4 Å². The third kappa shape index (κ3) is 1.87. The van der Waals surface area contributed by atoms with E-state index in [9.17, 15) is 5.11 Å². The third-order valence-electron chi connectivity index (χ3n) is 4.07. The van der Waals surface area contributed by atoms with Crippen molar-refractivity contribution in [2.24, 2.45) is 0 Å². The van der Waals surface area contributed by atoms with Gasteiger partial charge < -0.3 is 15.4 Å². The van der Waals surface area contributed by atoms with Gasteiger partial charge in [0.25, 0.3) is 0 Å². The monoisotopic (exact) mass is 279 g/mol. The molecule has 0 spiro atoms. The molecule has 0 unspecified atom stereocenters. The second-order valence-electron chi connectivity index (χ2n) is 5.77. The van der Waals surface area contributed by atoms with E-state index in [0.29, 0.717) is 17.3 Å². The Hall–Kier alpha value is -2.49. The lowest BCUT2D eigenvalue weighted by atomic mass is 10.1. The minimum Gasteiger partial charge on any atom is -0.505 e. The van der Waals surface area contributed by atoms with E-state index in [1.807, 2.05) is 12.1 Å². The number of benzene rings is 2. The molecule has 0 bridgehead atoms. The Bertz CT molecular complexity index is 847. The minimum absolute atomic E-state index is 0.117. The Morgan fingerprint density at radius 1 is 1.24 bits per heavy atom. The van der Waals surface area contributed by atoms with Crippen LogP contribution >= 0.6 is 0 Å². The van der Waals surface area contributed by atoms with Crippen molar-refractivity contribution in [3.05, 3.63) is 42.0 Å². The number of nitrogen functional groups attached to an aromatic ring is 1. The fraction of sp³-hybridized carbons (Fsp3) is 0.235. The summed E-state index contributed by atoms with van der Waals surface area (Å²) in [6.07, 6.45) is 2.32. The highest BCUT2D eigenvalue weighted by atomic mass is 16.3. The number of aromatic nitrogens is 2. The topological polar surface area (TPSA) is 64.1 Å². The fourth-order valence-corrected chi connectivity index (χ4v) is 2.84. The predicted molar refractivity (Wildman–Crippen MR) is 84.3 cm³/mol. The molecule has 0 aliphatic heterocycles. The average molecular weight is 279 g/mol. The van der Waals surface area contributed by atoms with Crippen molar-refractivity contribution in [3.63, 3.8) is 0 Å². The van der Waals surface area contributed by atoms with Crippen molar-refractivity contribution >= 4 is 16.7 Å². The summed E-state index contributed by atoms with van der Waals surface area (Å²) in [6, 6.07) is 12.2. The third-order valence-corrected chi connectivity index (χ3v) is 4.07. The van der Waals surface area contributed by atoms with Crippen molar-refractivity contribution in [1.82, 2.24) is 9.55 Å². The van der Waals surface area contributed by atoms with Gasteiger partial charge in [-0.15, -0.1) is 0 Å². The number of rotatable bonds is 2. The number of aryl methyl sites for hydroxylation is 1. The van der Waals surface area contributed by atoms with Crippen LogP contribution in [0.1, 0.15) is 24.4 Å². The van der Waals surface area contributed by atoms with Gasteiger partial charge in [-0.1, -0.05) is 12.1 Å². The maximum absolute atomic E-state index is 10.3. The maximum atomic E-state index is 10.3. The first-order valence-electron chi connectivity index (χ1n) is 7.21. The molecule has 0 radical (unpaired) electrons. The molecule has 1 aliphatic rings. The number of aromatic hydroxyl groups is 1. The van der Waals surface area contributed by atoms with Crippen LogP contribution in [-0.2, 0) is 0 Å². The number of phenols is 1. The van der Waals surface area contributed by atoms with Crippen molar-refractivity contribution in [1.29, 1.82) is 0 Å². The van der Waals surface area contributed by atoms with E-state index in [4.69, 9.17) is 10.7 Å². The van der Waals surface area contributed by atoms with Crippen LogP contribution in [0, 0.1) is 6.92 Å². The molecular weight excluding hydrogens is 262 g/mol. The van der Waals surface area contributed by atoms with Gasteiger partial charge in [0.1, 0.15) is 11.6 Å². The number of hydrogen-bond acceptors (Lipinski definition) is 3. The number of hydrogen-bond donors (Lipinski definition) is 2. The number of phenolic OH excluding ortho intramolecular Hbond substituents is 1. The molecule has 4 nitrogen and oxygen atoms in total. The van der Waals surface area contributed by atoms with Crippen molar-refractivity contribution < 1.29 is 5.11 Å². The number of imidazole rings is 1. The van der Waals surface area contributed by atoms with Gasteiger partial charge in [0.2, 0.25) is 0 Å². The number of anilines is 1. The zero-order chi connectivity index (χ0) is 14.6. The molecule has 0 amide bonds. The second kappa shape index (κ2) is 4.25. The highest BCUT2D eigenvalue weighted by Gasteiger charge is 2.29. The van der Waals surface area contributed by atoms with E-state index in [2.05, 4.69) is 29.7 Å². The molecular formula is C17H17N3O. The largest absolute Gasteiger partial charge is 0.505 e. The highest BCUT2D eigenvalue weighted by Crippen LogP contribution is 2.43. The molecule has 1 saturated carbocycles. The first-order chi connectivity index (χ1) is 10.1. The lowest BCUT2D eigenvalue weighted by Gasteiger charge is -2.10. The van der Waals surface area contributed by atoms with Gasteiger partial charge in [0.05, 0.1) is 22.3 Å². The van der Waals surface area contributed by atoms with E-state index in [-0.39, 0.29) is 5.75 Å². The van der Waals surface area contributed by atoms with Gasteiger partial charge in [-0.2, -0.15) is 0 Å². The summed E-state index contributed by atoms with van der Waals surface area (Å²) in [5.41, 5.74) is 10.2. The number of nitrogens with two attached hydrogens (primary N) is 1. The van der Waals surface area contributed by atoms with Crippen LogP contribution in [0.15, 0.2) is 36.4 Å². The van der Waals surface area contributed by atoms with Gasteiger partial charge in [0, 0.05) is 6.04 Å². The molecule has 1 aliphatic carbocycles. The smallest absolute Gasteiger partial charge is 0.149 e. The van der Waals surface area contributed by atoms with Crippen LogP contribution in [-0.4, -0.2) is 14.7 Å². The summed E-state index contributed by atoms with van der Waals surface area (Å²) >= 11 is 0. The SMILES string of the molecule is Cc1ccc2c(c1)nc(-c1cccc(N)c1O)n2C1CC1. The van der Waals surface area contributed by atoms with Crippen LogP contribution in [0.4, 0.5) is 5.69 Å². The fourth-order valence-electron chi connectivity index (χ4n) is 2.84. The number of fused-ring (bicyclic) bond motifs is 1. The van der Waals surface area contributed by atoms with Crippen molar-refractivity contribution in [3.8, 4) is 17.1 Å². The lowest BCUT2D eigenvalue weighted by Crippen LogP contribution is -1.98. The molecule has 4 heteroatoms. The molecule has 2 aromatic carbocycles. The van der Waals surface area contributed by atoms with Gasteiger partial charge in [0.15, 0.2) is 0 Å². The molecule has 3 aromatic rings. The quantitative estimate of drug-likeness (QED) is 0.556. The zero-order valence-electron chi connectivity index (χ0n) is 11.9. The molecule has 1 heterocycles. The Kier molecular flexibility index (Phi) is 2.48. The predicted octanol–water partition coefficient (Wildman–Crippen LogP) is 3.63. The molecule has 0 atom stereocenters. The Balaban J connectivity index is 2.03. The number of para-hydroxylation sites is 1. The molecule has 1 fully saturated rings. The summed E-state index contributed by atoms with van der Waals surface area (Å²) in [5, 5.41) is 10.3. The van der Waals surface area contributed by atoms with Crippen molar-refractivity contribution in [2.45, 2.75) is 25.8 Å². The van der Waals surface area contributed by atoms with Crippen LogP contribution in [0.5, 0.6) is 5.75 Å². The zero-order valence-corrected chi connectivity index (χ0v) is 11.9. The van der Waals surface area contributed by atoms with Crippen LogP contribution < -0.4 is 5.73 Å². The normalized spacial score (nSPS) is 14.7. The van der Waals surface area contributed by atoms with Gasteiger partial charge in [-0.05, 0) is 49.6 Å². The second-order valence-corrected chi connectivity index (χ2v) is 5.77. The lowest BCUT2D eigenvalue weighted by molar-refractivity contribution is 0.479. The van der Waals surface area contributed by atoms with Gasteiger partial charge >= 0.3 is 0 Å². The summed E-state index contributed by atoms with van der Waals surface area (Å²) in [4.78, 5) is 4.75. The highest BCUT2D eigenvalue weighted by molar-refractivity contribution is 5.84. The summed E-state index contributed by atoms with van der Waals surface area (Å²) in [7, 11) is 0. The maximum Gasteiger partial charge on any atom is 0.149 e. The molecule has 3 N–H and O–H groups in total. The first kappa shape index (κ1) is 12.3. The van der Waals surface area contributed by atoms with E-state index >= 15 is 0 Å². The molecule has 1 aromatic heterocycles. The average Bonchev–Trinajstić information content (AvgIpc) is 3.23. The molecule has 0 saturated heterocycles. The summed E-state index contributed by atoms with van der Waals surface area (Å²) in [6.45, 7) is 2.06.